The largest absolute Gasteiger partial charge is 0.378 e. The van der Waals surface area contributed by atoms with Gasteiger partial charge in [-0.2, -0.15) is 0 Å². The summed E-state index contributed by atoms with van der Waals surface area (Å²) >= 11 is 0. The lowest BCUT2D eigenvalue weighted by Gasteiger charge is -2.21. The molecule has 3 heterocycles. The van der Waals surface area contributed by atoms with E-state index in [4.69, 9.17) is 0 Å². The number of aromatic amines is 2. The van der Waals surface area contributed by atoms with Crippen molar-refractivity contribution in [1.82, 2.24) is 15.3 Å². The SMILES string of the molecule is C1=CC(c2c[nH]c3ccccc23)=C2NC3CCCCC3=C2C(c2c[nH]c3ccccc23)=C1. The van der Waals surface area contributed by atoms with Crippen LogP contribution in [-0.4, -0.2) is 16.0 Å². The van der Waals surface area contributed by atoms with E-state index in [9.17, 15) is 0 Å². The third-order valence-electron chi connectivity index (χ3n) is 7.32. The Kier molecular flexibility index (Phi) is 3.86. The van der Waals surface area contributed by atoms with Crippen molar-refractivity contribution in [3.05, 3.63) is 107 Å². The van der Waals surface area contributed by atoms with Gasteiger partial charge >= 0.3 is 0 Å². The van der Waals surface area contributed by atoms with Gasteiger partial charge in [0.15, 0.2) is 0 Å². The van der Waals surface area contributed by atoms with Gasteiger partial charge in [0.25, 0.3) is 0 Å². The maximum absolute atomic E-state index is 3.97. The Morgan fingerprint density at radius 2 is 1.50 bits per heavy atom. The first kappa shape index (κ1) is 17.9. The van der Waals surface area contributed by atoms with Crippen LogP contribution >= 0.6 is 0 Å². The molecule has 1 saturated carbocycles. The van der Waals surface area contributed by atoms with E-state index in [0.717, 1.165) is 0 Å². The fraction of sp³-hybridized carbons (Fsp3) is 0.172. The smallest absolute Gasteiger partial charge is 0.0505 e. The molecule has 4 aromatic rings. The third kappa shape index (κ3) is 2.54. The van der Waals surface area contributed by atoms with E-state index in [1.54, 1.807) is 5.57 Å². The first-order chi connectivity index (χ1) is 15.9. The van der Waals surface area contributed by atoms with Crippen LogP contribution in [0, 0.1) is 0 Å². The van der Waals surface area contributed by atoms with Crippen LogP contribution in [0.5, 0.6) is 0 Å². The Labute approximate surface area is 187 Å². The lowest BCUT2D eigenvalue weighted by Crippen LogP contribution is -2.26. The molecule has 32 heavy (non-hydrogen) atoms. The minimum Gasteiger partial charge on any atom is -0.378 e. The van der Waals surface area contributed by atoms with E-state index in [1.165, 1.54) is 81.0 Å². The monoisotopic (exact) mass is 415 g/mol. The Balaban J connectivity index is 1.49. The zero-order chi connectivity index (χ0) is 21.1. The first-order valence-electron chi connectivity index (χ1n) is 11.6. The Hall–Kier alpha value is -3.72. The van der Waals surface area contributed by atoms with Crippen LogP contribution in [-0.2, 0) is 0 Å². The molecule has 3 N–H and O–H groups in total. The molecule has 3 aliphatic rings. The molecule has 0 spiro atoms. The number of hydrogen-bond donors (Lipinski definition) is 3. The molecular weight excluding hydrogens is 390 g/mol. The molecule has 1 atom stereocenters. The molecule has 2 aliphatic carbocycles. The Morgan fingerprint density at radius 1 is 0.781 bits per heavy atom. The number of aromatic nitrogens is 2. The molecule has 2 aromatic carbocycles. The summed E-state index contributed by atoms with van der Waals surface area (Å²) in [5, 5.41) is 6.53. The predicted molar refractivity (Wildman–Crippen MR) is 133 cm³/mol. The fourth-order valence-corrected chi connectivity index (χ4v) is 5.84. The highest BCUT2D eigenvalue weighted by Crippen LogP contribution is 2.47. The summed E-state index contributed by atoms with van der Waals surface area (Å²) in [5.74, 6) is 0. The first-order valence-corrected chi connectivity index (χ1v) is 11.6. The van der Waals surface area contributed by atoms with E-state index in [2.05, 4.69) is 94.4 Å². The minimum absolute atomic E-state index is 0.453. The van der Waals surface area contributed by atoms with Gasteiger partial charge in [0, 0.05) is 62.5 Å². The van der Waals surface area contributed by atoms with Crippen molar-refractivity contribution in [3.8, 4) is 0 Å². The van der Waals surface area contributed by atoms with Crippen molar-refractivity contribution in [2.24, 2.45) is 0 Å². The number of benzene rings is 2. The van der Waals surface area contributed by atoms with E-state index in [-0.39, 0.29) is 0 Å². The third-order valence-corrected chi connectivity index (χ3v) is 7.32. The van der Waals surface area contributed by atoms with Crippen LogP contribution in [0.1, 0.15) is 36.8 Å². The number of para-hydroxylation sites is 2. The topological polar surface area (TPSA) is 43.6 Å². The zero-order valence-corrected chi connectivity index (χ0v) is 17.9. The van der Waals surface area contributed by atoms with Crippen LogP contribution < -0.4 is 5.32 Å². The van der Waals surface area contributed by atoms with Crippen LogP contribution in [0.25, 0.3) is 33.0 Å². The normalized spacial score (nSPS) is 20.4. The van der Waals surface area contributed by atoms with E-state index in [0.29, 0.717) is 6.04 Å². The maximum atomic E-state index is 3.97. The lowest BCUT2D eigenvalue weighted by atomic mass is 9.85. The van der Waals surface area contributed by atoms with Crippen molar-refractivity contribution in [2.45, 2.75) is 31.7 Å². The van der Waals surface area contributed by atoms with Crippen LogP contribution in [0.2, 0.25) is 0 Å². The van der Waals surface area contributed by atoms with Gasteiger partial charge in [0.2, 0.25) is 0 Å². The molecule has 156 valence electrons. The molecule has 1 fully saturated rings. The number of hydrogen-bond acceptors (Lipinski definition) is 1. The average Bonchev–Trinajstić information content (AvgIpc) is 3.53. The number of fused-ring (bicyclic) bond motifs is 4. The average molecular weight is 416 g/mol. The predicted octanol–water partition coefficient (Wildman–Crippen LogP) is 6.86. The van der Waals surface area contributed by atoms with Gasteiger partial charge in [0.05, 0.1) is 5.70 Å². The molecule has 0 radical (unpaired) electrons. The molecule has 2 aromatic heterocycles. The molecule has 0 saturated heterocycles. The van der Waals surface area contributed by atoms with Gasteiger partial charge in [-0.3, -0.25) is 0 Å². The number of H-pyrrole nitrogens is 2. The van der Waals surface area contributed by atoms with Gasteiger partial charge in [-0.1, -0.05) is 61.0 Å². The summed E-state index contributed by atoms with van der Waals surface area (Å²) in [4.78, 5) is 6.97. The summed E-state index contributed by atoms with van der Waals surface area (Å²) < 4.78 is 0. The summed E-state index contributed by atoms with van der Waals surface area (Å²) in [6, 6.07) is 17.7. The van der Waals surface area contributed by atoms with Crippen molar-refractivity contribution in [1.29, 1.82) is 0 Å². The summed E-state index contributed by atoms with van der Waals surface area (Å²) in [5.41, 5.74) is 11.8. The second-order valence-electron chi connectivity index (χ2n) is 9.07. The molecule has 3 nitrogen and oxygen atoms in total. The van der Waals surface area contributed by atoms with Crippen LogP contribution in [0.4, 0.5) is 0 Å². The summed E-state index contributed by atoms with van der Waals surface area (Å²) in [6.45, 7) is 0. The molecular formula is C29H25N3. The summed E-state index contributed by atoms with van der Waals surface area (Å²) in [7, 11) is 0. The second kappa shape index (κ2) is 6.89. The van der Waals surface area contributed by atoms with Crippen LogP contribution in [0.3, 0.4) is 0 Å². The molecule has 0 amide bonds. The quantitative estimate of drug-likeness (QED) is 0.329. The van der Waals surface area contributed by atoms with Crippen molar-refractivity contribution in [3.63, 3.8) is 0 Å². The fourth-order valence-electron chi connectivity index (χ4n) is 5.84. The standard InChI is InChI=1S/C29H25N3/c1-4-13-25-18(8-1)23(16-30-25)20-11-7-12-21(24-17-31-26-14-5-2-9-19(24)26)29-28(20)22-10-3-6-15-27(22)32-29/h1-2,4-5,7-9,11-14,16-17,27,30-32H,3,6,10,15H2. The Morgan fingerprint density at radius 3 is 2.31 bits per heavy atom. The van der Waals surface area contributed by atoms with E-state index in [1.807, 2.05) is 0 Å². The van der Waals surface area contributed by atoms with Crippen LogP contribution in [0.15, 0.2) is 96.0 Å². The maximum Gasteiger partial charge on any atom is 0.0505 e. The van der Waals surface area contributed by atoms with Gasteiger partial charge in [-0.05, 0) is 42.5 Å². The van der Waals surface area contributed by atoms with Crippen molar-refractivity contribution >= 4 is 33.0 Å². The van der Waals surface area contributed by atoms with Crippen molar-refractivity contribution in [2.75, 3.05) is 0 Å². The molecule has 7 rings (SSSR count). The minimum atomic E-state index is 0.453. The highest BCUT2D eigenvalue weighted by atomic mass is 15.0. The van der Waals surface area contributed by atoms with E-state index < -0.39 is 0 Å². The zero-order valence-electron chi connectivity index (χ0n) is 17.9. The summed E-state index contributed by atoms with van der Waals surface area (Å²) in [6.07, 6.45) is 16.2. The molecule has 1 unspecified atom stereocenters. The Bertz CT molecular complexity index is 1500. The van der Waals surface area contributed by atoms with Gasteiger partial charge < -0.3 is 15.3 Å². The van der Waals surface area contributed by atoms with Gasteiger partial charge in [0.1, 0.15) is 0 Å². The number of allylic oxidation sites excluding steroid dienone is 5. The molecule has 0 bridgehead atoms. The highest BCUT2D eigenvalue weighted by Gasteiger charge is 2.35. The number of nitrogens with one attached hydrogen (secondary N) is 3. The van der Waals surface area contributed by atoms with Crippen molar-refractivity contribution < 1.29 is 0 Å². The lowest BCUT2D eigenvalue weighted by molar-refractivity contribution is 0.507. The second-order valence-corrected chi connectivity index (χ2v) is 9.07. The van der Waals surface area contributed by atoms with Gasteiger partial charge in [-0.25, -0.2) is 0 Å². The molecule has 1 aliphatic heterocycles. The highest BCUT2D eigenvalue weighted by molar-refractivity contribution is 6.04. The number of rotatable bonds is 2. The molecule has 3 heteroatoms. The van der Waals surface area contributed by atoms with E-state index >= 15 is 0 Å². The van der Waals surface area contributed by atoms with Gasteiger partial charge in [-0.15, -0.1) is 0 Å².